The van der Waals surface area contributed by atoms with Crippen LogP contribution in [0.15, 0.2) is 35.2 Å². The van der Waals surface area contributed by atoms with Gasteiger partial charge in [0.1, 0.15) is 18.1 Å². The van der Waals surface area contributed by atoms with Gasteiger partial charge in [0.15, 0.2) is 0 Å². The number of hydrogen-bond acceptors (Lipinski definition) is 4. The quantitative estimate of drug-likeness (QED) is 0.767. The molecule has 0 heterocycles. The van der Waals surface area contributed by atoms with E-state index >= 15 is 0 Å². The fourth-order valence-corrected chi connectivity index (χ4v) is 3.63. The number of benzene rings is 2. The summed E-state index contributed by atoms with van der Waals surface area (Å²) >= 11 is 0. The van der Waals surface area contributed by atoms with Gasteiger partial charge in [0, 0.05) is 6.54 Å². The Kier molecular flexibility index (Phi) is 6.08. The van der Waals surface area contributed by atoms with Crippen LogP contribution in [-0.2, 0) is 10.0 Å². The Labute approximate surface area is 150 Å². The van der Waals surface area contributed by atoms with Gasteiger partial charge in [-0.25, -0.2) is 13.1 Å². The van der Waals surface area contributed by atoms with Gasteiger partial charge in [-0.05, 0) is 74.2 Å². The number of hydrogen-bond donors (Lipinski definition) is 1. The Morgan fingerprint density at radius 1 is 0.880 bits per heavy atom. The van der Waals surface area contributed by atoms with Crippen LogP contribution in [0.2, 0.25) is 0 Å². The molecular formula is C19H25NO4S. The van der Waals surface area contributed by atoms with Gasteiger partial charge < -0.3 is 9.47 Å². The highest BCUT2D eigenvalue weighted by Gasteiger charge is 2.15. The highest BCUT2D eigenvalue weighted by Crippen LogP contribution is 2.23. The van der Waals surface area contributed by atoms with Crippen molar-refractivity contribution in [1.29, 1.82) is 0 Å². The molecule has 0 amide bonds. The minimum absolute atomic E-state index is 0.194. The molecule has 0 spiro atoms. The molecule has 2 aromatic rings. The fraction of sp³-hybridized carbons (Fsp3) is 0.368. The van der Waals surface area contributed by atoms with E-state index in [-0.39, 0.29) is 18.0 Å². The average Bonchev–Trinajstić information content (AvgIpc) is 2.56. The van der Waals surface area contributed by atoms with Crippen molar-refractivity contribution in [1.82, 2.24) is 4.72 Å². The summed E-state index contributed by atoms with van der Waals surface area (Å²) in [5.41, 5.74) is 4.17. The lowest BCUT2D eigenvalue weighted by Crippen LogP contribution is -2.28. The van der Waals surface area contributed by atoms with Crippen LogP contribution in [0.4, 0.5) is 0 Å². The van der Waals surface area contributed by atoms with E-state index in [0.717, 1.165) is 22.4 Å². The standard InChI is InChI=1S/C19H25NO4S/c1-13-10-15(3)19(12-14(13)2)24-9-8-20-25(21,22)17-6-7-18(23-5)16(4)11-17/h6-7,10-12,20H,8-9H2,1-5H3. The summed E-state index contributed by atoms with van der Waals surface area (Å²) in [6.45, 7) is 8.32. The summed E-state index contributed by atoms with van der Waals surface area (Å²) in [6.07, 6.45) is 0. The summed E-state index contributed by atoms with van der Waals surface area (Å²) in [6, 6.07) is 8.82. The number of nitrogens with one attached hydrogen (secondary N) is 1. The Bertz CT molecular complexity index is 860. The monoisotopic (exact) mass is 363 g/mol. The van der Waals surface area contributed by atoms with Gasteiger partial charge in [0.2, 0.25) is 10.0 Å². The van der Waals surface area contributed by atoms with Crippen LogP contribution < -0.4 is 14.2 Å². The van der Waals surface area contributed by atoms with Crippen molar-refractivity contribution in [2.75, 3.05) is 20.3 Å². The molecule has 0 aromatic heterocycles. The van der Waals surface area contributed by atoms with Gasteiger partial charge in [-0.15, -0.1) is 0 Å². The van der Waals surface area contributed by atoms with E-state index in [1.54, 1.807) is 19.2 Å². The molecule has 0 aliphatic carbocycles. The highest BCUT2D eigenvalue weighted by molar-refractivity contribution is 7.89. The van der Waals surface area contributed by atoms with Crippen molar-refractivity contribution in [2.24, 2.45) is 0 Å². The molecule has 5 nitrogen and oxygen atoms in total. The molecular weight excluding hydrogens is 338 g/mol. The van der Waals surface area contributed by atoms with E-state index in [1.807, 2.05) is 26.8 Å². The van der Waals surface area contributed by atoms with Crippen LogP contribution in [0.5, 0.6) is 11.5 Å². The van der Waals surface area contributed by atoms with Crippen molar-refractivity contribution in [3.05, 3.63) is 52.6 Å². The molecule has 0 bridgehead atoms. The Hall–Kier alpha value is -2.05. The van der Waals surface area contributed by atoms with Crippen LogP contribution in [0.1, 0.15) is 22.3 Å². The predicted molar refractivity (Wildman–Crippen MR) is 99.1 cm³/mol. The van der Waals surface area contributed by atoms with Gasteiger partial charge in [-0.2, -0.15) is 0 Å². The first kappa shape index (κ1) is 19.3. The number of sulfonamides is 1. The van der Waals surface area contributed by atoms with Crippen LogP contribution >= 0.6 is 0 Å². The summed E-state index contributed by atoms with van der Waals surface area (Å²) < 4.78 is 38.1. The van der Waals surface area contributed by atoms with E-state index < -0.39 is 10.0 Å². The minimum Gasteiger partial charge on any atom is -0.496 e. The molecule has 0 aliphatic heterocycles. The Balaban J connectivity index is 1.97. The molecule has 0 unspecified atom stereocenters. The van der Waals surface area contributed by atoms with Gasteiger partial charge in [0.05, 0.1) is 12.0 Å². The number of aryl methyl sites for hydroxylation is 4. The van der Waals surface area contributed by atoms with Gasteiger partial charge in [-0.1, -0.05) is 6.07 Å². The first-order valence-corrected chi connectivity index (χ1v) is 9.58. The molecule has 0 saturated heterocycles. The van der Waals surface area contributed by atoms with Crippen molar-refractivity contribution in [2.45, 2.75) is 32.6 Å². The van der Waals surface area contributed by atoms with Gasteiger partial charge >= 0.3 is 0 Å². The van der Waals surface area contributed by atoms with E-state index in [1.165, 1.54) is 11.6 Å². The predicted octanol–water partition coefficient (Wildman–Crippen LogP) is 3.29. The van der Waals surface area contributed by atoms with Crippen molar-refractivity contribution in [3.8, 4) is 11.5 Å². The minimum atomic E-state index is -3.57. The van der Waals surface area contributed by atoms with Crippen molar-refractivity contribution >= 4 is 10.0 Å². The van der Waals surface area contributed by atoms with Crippen LogP contribution in [-0.4, -0.2) is 28.7 Å². The maximum atomic E-state index is 12.4. The molecule has 136 valence electrons. The highest BCUT2D eigenvalue weighted by atomic mass is 32.2. The van der Waals surface area contributed by atoms with Crippen LogP contribution in [0.3, 0.4) is 0 Å². The zero-order chi connectivity index (χ0) is 18.6. The molecule has 0 saturated carbocycles. The molecule has 2 aromatic carbocycles. The molecule has 0 atom stereocenters. The first-order valence-electron chi connectivity index (χ1n) is 8.09. The maximum Gasteiger partial charge on any atom is 0.240 e. The summed E-state index contributed by atoms with van der Waals surface area (Å²) in [5, 5.41) is 0. The lowest BCUT2D eigenvalue weighted by Gasteiger charge is -2.13. The third-order valence-corrected chi connectivity index (χ3v) is 5.58. The molecule has 25 heavy (non-hydrogen) atoms. The zero-order valence-electron chi connectivity index (χ0n) is 15.3. The number of methoxy groups -OCH3 is 1. The molecule has 1 N–H and O–H groups in total. The number of ether oxygens (including phenoxy) is 2. The van der Waals surface area contributed by atoms with Crippen LogP contribution in [0, 0.1) is 27.7 Å². The second-order valence-electron chi connectivity index (χ2n) is 6.08. The smallest absolute Gasteiger partial charge is 0.240 e. The molecule has 0 radical (unpaired) electrons. The van der Waals surface area contributed by atoms with E-state index in [9.17, 15) is 8.42 Å². The second kappa shape index (κ2) is 7.89. The first-order chi connectivity index (χ1) is 11.7. The normalized spacial score (nSPS) is 11.4. The zero-order valence-corrected chi connectivity index (χ0v) is 16.2. The Morgan fingerprint density at radius 3 is 2.16 bits per heavy atom. The molecule has 0 fully saturated rings. The SMILES string of the molecule is COc1ccc(S(=O)(=O)NCCOc2cc(C)c(C)cc2C)cc1C. The lowest BCUT2D eigenvalue weighted by atomic mass is 10.1. The second-order valence-corrected chi connectivity index (χ2v) is 7.85. The number of rotatable bonds is 7. The fourth-order valence-electron chi connectivity index (χ4n) is 2.53. The van der Waals surface area contributed by atoms with Gasteiger partial charge in [-0.3, -0.25) is 0 Å². The third-order valence-electron chi connectivity index (χ3n) is 4.12. The topological polar surface area (TPSA) is 64.6 Å². The maximum absolute atomic E-state index is 12.4. The molecule has 6 heteroatoms. The third kappa shape index (κ3) is 4.74. The van der Waals surface area contributed by atoms with Crippen molar-refractivity contribution < 1.29 is 17.9 Å². The Morgan fingerprint density at radius 2 is 1.52 bits per heavy atom. The largest absolute Gasteiger partial charge is 0.496 e. The van der Waals surface area contributed by atoms with E-state index in [2.05, 4.69) is 17.7 Å². The summed E-state index contributed by atoms with van der Waals surface area (Å²) in [7, 11) is -2.02. The van der Waals surface area contributed by atoms with E-state index in [4.69, 9.17) is 9.47 Å². The lowest BCUT2D eigenvalue weighted by molar-refractivity contribution is 0.320. The van der Waals surface area contributed by atoms with Crippen molar-refractivity contribution in [3.63, 3.8) is 0 Å². The van der Waals surface area contributed by atoms with Crippen LogP contribution in [0.25, 0.3) is 0 Å². The summed E-state index contributed by atoms with van der Waals surface area (Å²) in [5.74, 6) is 1.44. The summed E-state index contributed by atoms with van der Waals surface area (Å²) in [4.78, 5) is 0.216. The van der Waals surface area contributed by atoms with Gasteiger partial charge in [0.25, 0.3) is 0 Å². The average molecular weight is 363 g/mol. The molecule has 2 rings (SSSR count). The van der Waals surface area contributed by atoms with E-state index in [0.29, 0.717) is 5.75 Å². The molecule has 0 aliphatic rings.